The SMILES string of the molecule is O=P(O)(O)CP(=O)(O)ON(CO)CO. The van der Waals surface area contributed by atoms with Gasteiger partial charge in [0.25, 0.3) is 0 Å². The molecular weight excluding hydrogens is 240 g/mol. The number of aliphatic hydroxyl groups excluding tert-OH is 2. The van der Waals surface area contributed by atoms with Gasteiger partial charge in [0.2, 0.25) is 0 Å². The highest BCUT2D eigenvalue weighted by atomic mass is 31.2. The molecule has 0 aromatic rings. The summed E-state index contributed by atoms with van der Waals surface area (Å²) >= 11 is 0. The molecule has 0 saturated heterocycles. The van der Waals surface area contributed by atoms with Crippen molar-refractivity contribution >= 4 is 15.2 Å². The Kier molecular flexibility index (Phi) is 5.38. The molecular formula is C3H11NO8P2. The Labute approximate surface area is 79.2 Å². The van der Waals surface area contributed by atoms with E-state index in [0.29, 0.717) is 0 Å². The van der Waals surface area contributed by atoms with Gasteiger partial charge in [-0.25, -0.2) is 4.62 Å². The number of aliphatic hydroxyl groups is 2. The fraction of sp³-hybridized carbons (Fsp3) is 1.00. The number of hydrogen-bond acceptors (Lipinski definition) is 6. The van der Waals surface area contributed by atoms with E-state index >= 15 is 0 Å². The zero-order valence-electron chi connectivity index (χ0n) is 6.92. The normalized spacial score (nSPS) is 17.0. The molecule has 9 nitrogen and oxygen atoms in total. The lowest BCUT2D eigenvalue weighted by atomic mass is 11.1. The molecule has 0 fully saturated rings. The van der Waals surface area contributed by atoms with Crippen molar-refractivity contribution < 1.29 is 38.6 Å². The average Bonchev–Trinajstić information content (AvgIpc) is 1.95. The first kappa shape index (κ1) is 14.2. The third-order valence-electron chi connectivity index (χ3n) is 0.921. The van der Waals surface area contributed by atoms with Crippen molar-refractivity contribution in [3.8, 4) is 0 Å². The summed E-state index contributed by atoms with van der Waals surface area (Å²) in [6.07, 6.45) is 0. The summed E-state index contributed by atoms with van der Waals surface area (Å²) in [7, 11) is -9.25. The highest BCUT2D eigenvalue weighted by Gasteiger charge is 2.33. The van der Waals surface area contributed by atoms with E-state index in [2.05, 4.69) is 4.62 Å². The van der Waals surface area contributed by atoms with Gasteiger partial charge >= 0.3 is 15.2 Å². The van der Waals surface area contributed by atoms with E-state index in [1.165, 1.54) is 0 Å². The Hall–Kier alpha value is 0.180. The molecule has 0 rings (SSSR count). The van der Waals surface area contributed by atoms with Crippen molar-refractivity contribution in [3.05, 3.63) is 0 Å². The fourth-order valence-corrected chi connectivity index (χ4v) is 3.07. The Bertz CT molecular complexity index is 257. The van der Waals surface area contributed by atoms with E-state index in [9.17, 15) is 9.13 Å². The first-order chi connectivity index (χ1) is 6.20. The van der Waals surface area contributed by atoms with Gasteiger partial charge in [-0.2, -0.15) is 0 Å². The van der Waals surface area contributed by atoms with Gasteiger partial charge in [-0.1, -0.05) is 0 Å². The van der Waals surface area contributed by atoms with Crippen molar-refractivity contribution in [2.24, 2.45) is 0 Å². The predicted octanol–water partition coefficient (Wildman–Crippen LogP) is -1.56. The van der Waals surface area contributed by atoms with Crippen LogP contribution in [0.2, 0.25) is 0 Å². The lowest BCUT2D eigenvalue weighted by Crippen LogP contribution is -2.25. The maximum atomic E-state index is 10.9. The number of nitrogens with zero attached hydrogens (tertiary/aromatic N) is 1. The Balaban J connectivity index is 4.34. The highest BCUT2D eigenvalue weighted by molar-refractivity contribution is 7.69. The van der Waals surface area contributed by atoms with Gasteiger partial charge in [0.15, 0.2) is 5.90 Å². The zero-order chi connectivity index (χ0) is 11.4. The fourth-order valence-electron chi connectivity index (χ4n) is 0.535. The number of rotatable bonds is 6. The van der Waals surface area contributed by atoms with Crippen LogP contribution in [0.1, 0.15) is 0 Å². The summed E-state index contributed by atoms with van der Waals surface area (Å²) in [6.45, 7) is -1.77. The van der Waals surface area contributed by atoms with Crippen LogP contribution >= 0.6 is 15.2 Å². The standard InChI is InChI=1S/C3H11NO8P2/c5-1-4(2-6)12-14(10,11)3-13(7,8)9/h5-6H,1-3H2,(H,10,11)(H2,7,8,9). The largest absolute Gasteiger partial charge is 0.379 e. The van der Waals surface area contributed by atoms with Crippen molar-refractivity contribution in [1.82, 2.24) is 5.06 Å². The van der Waals surface area contributed by atoms with Crippen LogP contribution in [0, 0.1) is 0 Å². The van der Waals surface area contributed by atoms with Gasteiger partial charge in [0.1, 0.15) is 13.5 Å². The first-order valence-electron chi connectivity index (χ1n) is 3.23. The van der Waals surface area contributed by atoms with E-state index in [1.54, 1.807) is 0 Å². The highest BCUT2D eigenvalue weighted by Crippen LogP contribution is 2.55. The van der Waals surface area contributed by atoms with E-state index in [0.717, 1.165) is 0 Å². The Morgan fingerprint density at radius 2 is 1.50 bits per heavy atom. The quantitative estimate of drug-likeness (QED) is 0.214. The van der Waals surface area contributed by atoms with Gasteiger partial charge in [0.05, 0.1) is 0 Å². The maximum absolute atomic E-state index is 10.9. The smallest absolute Gasteiger partial charge is 0.356 e. The third-order valence-corrected chi connectivity index (χ3v) is 4.31. The minimum absolute atomic E-state index is 0.274. The summed E-state index contributed by atoms with van der Waals surface area (Å²) in [5, 5.41) is 17.1. The van der Waals surface area contributed by atoms with Crippen LogP contribution in [0.4, 0.5) is 0 Å². The minimum atomic E-state index is -4.69. The van der Waals surface area contributed by atoms with Crippen molar-refractivity contribution in [2.75, 3.05) is 19.4 Å². The Morgan fingerprint density at radius 3 is 1.79 bits per heavy atom. The predicted molar refractivity (Wildman–Crippen MR) is 43.8 cm³/mol. The third kappa shape index (κ3) is 6.61. The molecule has 0 aromatic heterocycles. The molecule has 0 aliphatic heterocycles. The topological polar surface area (TPSA) is 148 Å². The van der Waals surface area contributed by atoms with Crippen LogP contribution in [0.3, 0.4) is 0 Å². The lowest BCUT2D eigenvalue weighted by molar-refractivity contribution is -0.162. The van der Waals surface area contributed by atoms with Crippen LogP contribution in [0.25, 0.3) is 0 Å². The molecule has 0 saturated carbocycles. The summed E-state index contributed by atoms with van der Waals surface area (Å²) < 4.78 is 25.3. The molecule has 0 amide bonds. The van der Waals surface area contributed by atoms with Crippen LogP contribution < -0.4 is 0 Å². The monoisotopic (exact) mass is 251 g/mol. The van der Waals surface area contributed by atoms with Crippen molar-refractivity contribution in [1.29, 1.82) is 0 Å². The van der Waals surface area contributed by atoms with E-state index < -0.39 is 34.6 Å². The molecule has 0 aromatic carbocycles. The van der Waals surface area contributed by atoms with Crippen LogP contribution in [-0.2, 0) is 13.8 Å². The molecule has 14 heavy (non-hydrogen) atoms. The summed E-state index contributed by atoms with van der Waals surface area (Å²) in [5.74, 6) is -1.38. The lowest BCUT2D eigenvalue weighted by Gasteiger charge is -2.19. The van der Waals surface area contributed by atoms with Gasteiger partial charge < -0.3 is 24.9 Å². The average molecular weight is 251 g/mol. The zero-order valence-corrected chi connectivity index (χ0v) is 8.71. The molecule has 0 spiro atoms. The molecule has 11 heteroatoms. The molecule has 1 atom stereocenters. The molecule has 0 radical (unpaired) electrons. The molecule has 0 heterocycles. The van der Waals surface area contributed by atoms with Crippen molar-refractivity contribution in [2.45, 2.75) is 0 Å². The molecule has 1 unspecified atom stereocenters. The van der Waals surface area contributed by atoms with Gasteiger partial charge in [-0.3, -0.25) is 9.13 Å². The van der Waals surface area contributed by atoms with E-state index in [-0.39, 0.29) is 5.06 Å². The van der Waals surface area contributed by atoms with E-state index in [4.69, 9.17) is 24.9 Å². The minimum Gasteiger partial charge on any atom is -0.379 e. The summed E-state index contributed by atoms with van der Waals surface area (Å²) in [5.41, 5.74) is 0. The van der Waals surface area contributed by atoms with Gasteiger partial charge in [-0.15, -0.1) is 5.06 Å². The second kappa shape index (κ2) is 5.32. The van der Waals surface area contributed by atoms with Crippen LogP contribution in [0.15, 0.2) is 0 Å². The molecule has 0 bridgehead atoms. The van der Waals surface area contributed by atoms with Gasteiger partial charge in [0, 0.05) is 0 Å². The Morgan fingerprint density at radius 1 is 1.07 bits per heavy atom. The summed E-state index contributed by atoms with van der Waals surface area (Å²) in [4.78, 5) is 25.6. The number of hydroxylamine groups is 2. The molecule has 5 N–H and O–H groups in total. The summed E-state index contributed by atoms with van der Waals surface area (Å²) in [6, 6.07) is 0. The van der Waals surface area contributed by atoms with Gasteiger partial charge in [-0.05, 0) is 0 Å². The van der Waals surface area contributed by atoms with Crippen molar-refractivity contribution in [3.63, 3.8) is 0 Å². The molecule has 0 aliphatic rings. The molecule has 86 valence electrons. The van der Waals surface area contributed by atoms with Crippen LogP contribution in [-0.4, -0.2) is 49.3 Å². The number of hydrogen-bond donors (Lipinski definition) is 5. The maximum Gasteiger partial charge on any atom is 0.356 e. The first-order valence-corrected chi connectivity index (χ1v) is 6.79. The second-order valence-corrected chi connectivity index (χ2v) is 6.19. The van der Waals surface area contributed by atoms with E-state index in [1.807, 2.05) is 0 Å². The molecule has 0 aliphatic carbocycles. The van der Waals surface area contributed by atoms with Crippen LogP contribution in [0.5, 0.6) is 0 Å². The second-order valence-electron chi connectivity index (χ2n) is 2.29.